The van der Waals surface area contributed by atoms with Crippen molar-refractivity contribution in [3.63, 3.8) is 0 Å². The summed E-state index contributed by atoms with van der Waals surface area (Å²) in [7, 11) is 0. The predicted molar refractivity (Wildman–Crippen MR) is 91.5 cm³/mol. The zero-order chi connectivity index (χ0) is 15.2. The fourth-order valence-electron chi connectivity index (χ4n) is 3.92. The fraction of sp³-hybridized carbons (Fsp3) is 0.941. The van der Waals surface area contributed by atoms with Gasteiger partial charge in [0.2, 0.25) is 5.91 Å². The van der Waals surface area contributed by atoms with Gasteiger partial charge in [-0.2, -0.15) is 11.8 Å². The molecule has 0 radical (unpaired) electrons. The van der Waals surface area contributed by atoms with Gasteiger partial charge in [0.15, 0.2) is 0 Å². The van der Waals surface area contributed by atoms with E-state index in [2.05, 4.69) is 30.3 Å². The summed E-state index contributed by atoms with van der Waals surface area (Å²) < 4.78 is 0. The van der Waals surface area contributed by atoms with E-state index in [4.69, 9.17) is 0 Å². The first-order valence-electron chi connectivity index (χ1n) is 8.80. The molecule has 1 saturated carbocycles. The number of nitrogens with one attached hydrogen (secondary N) is 1. The zero-order valence-electron chi connectivity index (χ0n) is 13.9. The average molecular weight is 313 g/mol. The largest absolute Gasteiger partial charge is 0.322 e. The first-order chi connectivity index (χ1) is 10.2. The van der Waals surface area contributed by atoms with Crippen LogP contribution in [0.25, 0.3) is 0 Å². The van der Waals surface area contributed by atoms with Gasteiger partial charge >= 0.3 is 0 Å². The lowest BCUT2D eigenvalue weighted by Crippen LogP contribution is -2.48. The summed E-state index contributed by atoms with van der Waals surface area (Å²) in [6.07, 6.45) is 12.1. The van der Waals surface area contributed by atoms with Crippen molar-refractivity contribution in [1.29, 1.82) is 0 Å². The molecule has 4 heteroatoms. The highest BCUT2D eigenvalue weighted by Gasteiger charge is 2.45. The van der Waals surface area contributed by atoms with E-state index in [0.717, 1.165) is 25.0 Å². The first kappa shape index (κ1) is 17.1. The molecule has 1 aliphatic carbocycles. The fourth-order valence-corrected chi connectivity index (χ4v) is 4.70. The number of nitrogens with zero attached hydrogens (tertiary/aromatic N) is 1. The van der Waals surface area contributed by atoms with Gasteiger partial charge in [-0.3, -0.25) is 10.1 Å². The zero-order valence-corrected chi connectivity index (χ0v) is 14.8. The number of amides is 1. The maximum Gasteiger partial charge on any atom is 0.241 e. The summed E-state index contributed by atoms with van der Waals surface area (Å²) in [4.78, 5) is 15.2. The Hall–Kier alpha value is -0.220. The molecule has 3 nitrogen and oxygen atoms in total. The lowest BCUT2D eigenvalue weighted by atomic mass is 10.0. The summed E-state index contributed by atoms with van der Waals surface area (Å²) in [5.74, 6) is 2.12. The number of hydrogen-bond acceptors (Lipinski definition) is 3. The van der Waals surface area contributed by atoms with E-state index in [1.165, 1.54) is 32.1 Å². The van der Waals surface area contributed by atoms with Gasteiger partial charge in [-0.05, 0) is 37.9 Å². The van der Waals surface area contributed by atoms with Crippen molar-refractivity contribution in [2.75, 3.05) is 12.0 Å². The summed E-state index contributed by atoms with van der Waals surface area (Å²) in [5, 5.41) is 3.71. The molecule has 3 unspecified atom stereocenters. The first-order valence-corrected chi connectivity index (χ1v) is 10.2. The Balaban J connectivity index is 2.11. The average Bonchev–Trinajstić information content (AvgIpc) is 3.11. The second-order valence-electron chi connectivity index (χ2n) is 6.61. The molecule has 0 bridgehead atoms. The predicted octanol–water partition coefficient (Wildman–Crippen LogP) is 3.63. The molecule has 1 amide bonds. The standard InChI is InChI=1S/C17H32N2OS/c1-4-6-11-15-17(20)19(14(5-2)12-21-3)16(18-15)13-9-7-8-10-13/h13-16,18H,4-12H2,1-3H3. The summed E-state index contributed by atoms with van der Waals surface area (Å²) >= 11 is 1.87. The van der Waals surface area contributed by atoms with Gasteiger partial charge in [0.25, 0.3) is 0 Å². The van der Waals surface area contributed by atoms with Crippen LogP contribution in [0.15, 0.2) is 0 Å². The molecule has 2 fully saturated rings. The third-order valence-corrected chi connectivity index (χ3v) is 5.86. The molecule has 2 aliphatic rings. The number of carbonyl (C=O) groups excluding carboxylic acids is 1. The van der Waals surface area contributed by atoms with E-state index in [0.29, 0.717) is 24.0 Å². The highest BCUT2D eigenvalue weighted by atomic mass is 32.2. The van der Waals surface area contributed by atoms with Crippen molar-refractivity contribution < 1.29 is 4.79 Å². The van der Waals surface area contributed by atoms with Crippen LogP contribution in [0.5, 0.6) is 0 Å². The van der Waals surface area contributed by atoms with Gasteiger partial charge in [-0.25, -0.2) is 0 Å². The summed E-state index contributed by atoms with van der Waals surface area (Å²) in [6, 6.07) is 0.476. The van der Waals surface area contributed by atoms with Gasteiger partial charge in [-0.15, -0.1) is 0 Å². The van der Waals surface area contributed by atoms with E-state index >= 15 is 0 Å². The summed E-state index contributed by atoms with van der Waals surface area (Å²) in [6.45, 7) is 4.42. The van der Waals surface area contributed by atoms with Crippen molar-refractivity contribution in [1.82, 2.24) is 10.2 Å². The van der Waals surface area contributed by atoms with Crippen LogP contribution in [0.3, 0.4) is 0 Å². The van der Waals surface area contributed by atoms with Gasteiger partial charge in [0.1, 0.15) is 0 Å². The van der Waals surface area contributed by atoms with Crippen LogP contribution in [0.2, 0.25) is 0 Å². The third-order valence-electron chi connectivity index (χ3n) is 5.14. The highest BCUT2D eigenvalue weighted by Crippen LogP contribution is 2.34. The SMILES string of the molecule is CCCCC1NC(C2CCCC2)N(C(CC)CSC)C1=O. The van der Waals surface area contributed by atoms with E-state index < -0.39 is 0 Å². The number of hydrogen-bond donors (Lipinski definition) is 1. The molecule has 0 aromatic carbocycles. The van der Waals surface area contributed by atoms with Gasteiger partial charge < -0.3 is 4.90 Å². The van der Waals surface area contributed by atoms with E-state index in [1.807, 2.05) is 11.8 Å². The number of carbonyl (C=O) groups is 1. The third kappa shape index (κ3) is 3.95. The van der Waals surface area contributed by atoms with E-state index in [9.17, 15) is 4.79 Å². The van der Waals surface area contributed by atoms with Crippen LogP contribution in [0.4, 0.5) is 0 Å². The molecule has 2 rings (SSSR count). The van der Waals surface area contributed by atoms with Crippen LogP contribution in [-0.2, 0) is 4.79 Å². The lowest BCUT2D eigenvalue weighted by Gasteiger charge is -2.35. The maximum absolute atomic E-state index is 12.9. The minimum absolute atomic E-state index is 0.0754. The highest BCUT2D eigenvalue weighted by molar-refractivity contribution is 7.98. The molecule has 1 N–H and O–H groups in total. The van der Waals surface area contributed by atoms with Gasteiger partial charge in [-0.1, -0.05) is 39.5 Å². The Kier molecular flexibility index (Phi) is 6.87. The van der Waals surface area contributed by atoms with Crippen molar-refractivity contribution in [3.8, 4) is 0 Å². The second kappa shape index (κ2) is 8.42. The molecule has 1 aliphatic heterocycles. The molecular weight excluding hydrogens is 280 g/mol. The number of rotatable bonds is 8. The van der Waals surface area contributed by atoms with Crippen molar-refractivity contribution in [2.24, 2.45) is 5.92 Å². The Morgan fingerprint density at radius 2 is 2.05 bits per heavy atom. The van der Waals surface area contributed by atoms with Crippen LogP contribution in [-0.4, -0.2) is 41.1 Å². The molecule has 3 atom stereocenters. The van der Waals surface area contributed by atoms with Crippen LogP contribution >= 0.6 is 11.8 Å². The van der Waals surface area contributed by atoms with Crippen molar-refractivity contribution >= 4 is 17.7 Å². The molecule has 0 aromatic rings. The van der Waals surface area contributed by atoms with E-state index in [-0.39, 0.29) is 6.04 Å². The number of unbranched alkanes of at least 4 members (excludes halogenated alkanes) is 1. The maximum atomic E-state index is 12.9. The minimum atomic E-state index is 0.0754. The Bertz CT molecular complexity index is 331. The molecule has 1 saturated heterocycles. The Morgan fingerprint density at radius 1 is 1.33 bits per heavy atom. The molecule has 0 spiro atoms. The Morgan fingerprint density at radius 3 is 2.62 bits per heavy atom. The Labute approximate surface area is 134 Å². The molecule has 1 heterocycles. The van der Waals surface area contributed by atoms with E-state index in [1.54, 1.807) is 0 Å². The minimum Gasteiger partial charge on any atom is -0.322 e. The monoisotopic (exact) mass is 312 g/mol. The summed E-state index contributed by atoms with van der Waals surface area (Å²) in [5.41, 5.74) is 0. The van der Waals surface area contributed by atoms with Gasteiger partial charge in [0.05, 0.1) is 12.2 Å². The molecular formula is C17H32N2OS. The van der Waals surface area contributed by atoms with Crippen LogP contribution in [0, 0.1) is 5.92 Å². The second-order valence-corrected chi connectivity index (χ2v) is 7.52. The quantitative estimate of drug-likeness (QED) is 0.743. The normalized spacial score (nSPS) is 28.5. The molecule has 122 valence electrons. The van der Waals surface area contributed by atoms with Crippen LogP contribution in [0.1, 0.15) is 65.2 Å². The van der Waals surface area contributed by atoms with Crippen molar-refractivity contribution in [2.45, 2.75) is 83.5 Å². The lowest BCUT2D eigenvalue weighted by molar-refractivity contribution is -0.132. The molecule has 21 heavy (non-hydrogen) atoms. The number of thioether (sulfide) groups is 1. The van der Waals surface area contributed by atoms with Gasteiger partial charge in [0, 0.05) is 11.8 Å². The topological polar surface area (TPSA) is 32.3 Å². The van der Waals surface area contributed by atoms with Crippen LogP contribution < -0.4 is 5.32 Å². The molecule has 0 aromatic heterocycles. The van der Waals surface area contributed by atoms with Crippen molar-refractivity contribution in [3.05, 3.63) is 0 Å². The smallest absolute Gasteiger partial charge is 0.241 e.